The highest BCUT2D eigenvalue weighted by atomic mass is 16.5. The molecule has 1 atom stereocenters. The second-order valence-electron chi connectivity index (χ2n) is 5.01. The third-order valence-electron chi connectivity index (χ3n) is 3.37. The molecule has 1 N–H and O–H groups in total. The quantitative estimate of drug-likeness (QED) is 0.832. The van der Waals surface area contributed by atoms with Crippen molar-refractivity contribution in [3.05, 3.63) is 12.0 Å². The van der Waals surface area contributed by atoms with Crippen LogP contribution in [0.15, 0.2) is 10.7 Å². The lowest BCUT2D eigenvalue weighted by molar-refractivity contribution is -0.132. The normalized spacial score (nSPS) is 16.4. The van der Waals surface area contributed by atoms with E-state index in [4.69, 9.17) is 9.15 Å². The Morgan fingerprint density at radius 1 is 1.43 bits per heavy atom. The van der Waals surface area contributed by atoms with E-state index in [-0.39, 0.29) is 24.2 Å². The zero-order chi connectivity index (χ0) is 15.2. The van der Waals surface area contributed by atoms with E-state index in [0.29, 0.717) is 0 Å². The Balaban J connectivity index is 1.91. The molecule has 1 aromatic heterocycles. The molecule has 1 aliphatic heterocycles. The van der Waals surface area contributed by atoms with Gasteiger partial charge in [-0.15, -0.1) is 0 Å². The third kappa shape index (κ3) is 3.96. The lowest BCUT2D eigenvalue weighted by Crippen LogP contribution is -2.43. The van der Waals surface area contributed by atoms with E-state index in [2.05, 4.69) is 10.3 Å². The smallest absolute Gasteiger partial charge is 0.360 e. The van der Waals surface area contributed by atoms with Gasteiger partial charge in [0.1, 0.15) is 12.3 Å². The van der Waals surface area contributed by atoms with E-state index in [1.54, 1.807) is 13.8 Å². The Labute approximate surface area is 123 Å². The topological polar surface area (TPSA) is 84.7 Å². The van der Waals surface area contributed by atoms with E-state index in [1.807, 2.05) is 4.90 Å². The highest BCUT2D eigenvalue weighted by molar-refractivity contribution is 5.87. The van der Waals surface area contributed by atoms with Crippen LogP contribution in [0.2, 0.25) is 0 Å². The van der Waals surface area contributed by atoms with Crippen molar-refractivity contribution in [2.75, 3.05) is 25.0 Å². The van der Waals surface area contributed by atoms with E-state index in [9.17, 15) is 9.59 Å². The molecule has 0 aromatic carbocycles. The summed E-state index contributed by atoms with van der Waals surface area (Å²) in [5.41, 5.74) is 0.0944. The summed E-state index contributed by atoms with van der Waals surface area (Å²) in [6.45, 7) is 5.34. The molecule has 0 spiro atoms. The van der Waals surface area contributed by atoms with Crippen molar-refractivity contribution >= 4 is 17.9 Å². The lowest BCUT2D eigenvalue weighted by atomic mass is 10.1. The van der Waals surface area contributed by atoms with Crippen molar-refractivity contribution in [3.63, 3.8) is 0 Å². The predicted octanol–water partition coefficient (Wildman–Crippen LogP) is 1.66. The Hall–Kier alpha value is -2.05. The van der Waals surface area contributed by atoms with Crippen LogP contribution in [0.5, 0.6) is 0 Å². The van der Waals surface area contributed by atoms with Crippen molar-refractivity contribution in [2.24, 2.45) is 0 Å². The number of nitrogens with zero attached hydrogens (tertiary/aromatic N) is 2. The number of aromatic nitrogens is 1. The summed E-state index contributed by atoms with van der Waals surface area (Å²) in [7, 11) is 0. The fraction of sp³-hybridized carbons (Fsp3) is 0.643. The molecular weight excluding hydrogens is 274 g/mol. The van der Waals surface area contributed by atoms with Crippen molar-refractivity contribution in [3.8, 4) is 0 Å². The van der Waals surface area contributed by atoms with Gasteiger partial charge in [0, 0.05) is 13.1 Å². The lowest BCUT2D eigenvalue weighted by Gasteiger charge is -2.29. The van der Waals surface area contributed by atoms with Crippen LogP contribution < -0.4 is 5.32 Å². The van der Waals surface area contributed by atoms with Gasteiger partial charge in [-0.2, -0.15) is 4.98 Å². The molecule has 1 saturated heterocycles. The second kappa shape index (κ2) is 7.10. The van der Waals surface area contributed by atoms with Gasteiger partial charge in [0.15, 0.2) is 5.69 Å². The van der Waals surface area contributed by atoms with E-state index in [1.165, 1.54) is 12.7 Å². The highest BCUT2D eigenvalue weighted by Gasteiger charge is 2.23. The molecule has 2 heterocycles. The van der Waals surface area contributed by atoms with Gasteiger partial charge in [0.2, 0.25) is 5.91 Å². The first-order valence-corrected chi connectivity index (χ1v) is 7.29. The largest absolute Gasteiger partial charge is 0.461 e. The third-order valence-corrected chi connectivity index (χ3v) is 3.37. The monoisotopic (exact) mass is 295 g/mol. The number of oxazole rings is 1. The number of piperidine rings is 1. The molecule has 0 saturated carbocycles. The Morgan fingerprint density at radius 3 is 2.81 bits per heavy atom. The molecule has 1 fully saturated rings. The summed E-state index contributed by atoms with van der Waals surface area (Å²) >= 11 is 0. The number of amides is 1. The maximum Gasteiger partial charge on any atom is 0.360 e. The maximum atomic E-state index is 12.2. The van der Waals surface area contributed by atoms with Gasteiger partial charge in [-0.3, -0.25) is 4.79 Å². The number of nitrogens with one attached hydrogen (secondary N) is 1. The van der Waals surface area contributed by atoms with Crippen LogP contribution in [0.3, 0.4) is 0 Å². The first kappa shape index (κ1) is 15.3. The number of likely N-dealkylation sites (tertiary alicyclic amines) is 1. The van der Waals surface area contributed by atoms with Crippen LogP contribution >= 0.6 is 0 Å². The average Bonchev–Trinajstić information content (AvgIpc) is 2.96. The van der Waals surface area contributed by atoms with Crippen LogP contribution in [0.4, 0.5) is 6.01 Å². The number of carbonyl (C=O) groups is 2. The summed E-state index contributed by atoms with van der Waals surface area (Å²) in [6, 6.07) is -0.298. The molecule has 0 bridgehead atoms. The fourth-order valence-corrected chi connectivity index (χ4v) is 2.27. The average molecular weight is 295 g/mol. The van der Waals surface area contributed by atoms with Gasteiger partial charge in [-0.25, -0.2) is 4.79 Å². The van der Waals surface area contributed by atoms with Gasteiger partial charge in [0.05, 0.1) is 6.61 Å². The van der Waals surface area contributed by atoms with E-state index in [0.717, 1.165) is 25.9 Å². The van der Waals surface area contributed by atoms with Crippen molar-refractivity contribution in [1.29, 1.82) is 0 Å². The van der Waals surface area contributed by atoms with Gasteiger partial charge in [0.25, 0.3) is 6.01 Å². The number of anilines is 1. The van der Waals surface area contributed by atoms with Gasteiger partial charge in [-0.05, 0) is 33.1 Å². The van der Waals surface area contributed by atoms with Crippen LogP contribution in [0.1, 0.15) is 43.6 Å². The molecule has 1 aromatic rings. The number of hydrogen-bond acceptors (Lipinski definition) is 6. The van der Waals surface area contributed by atoms with Gasteiger partial charge < -0.3 is 19.4 Å². The summed E-state index contributed by atoms with van der Waals surface area (Å²) < 4.78 is 9.97. The Morgan fingerprint density at radius 2 is 2.14 bits per heavy atom. The van der Waals surface area contributed by atoms with Gasteiger partial charge >= 0.3 is 5.97 Å². The molecule has 2 rings (SSSR count). The molecule has 0 radical (unpaired) electrons. The summed E-state index contributed by atoms with van der Waals surface area (Å²) in [4.78, 5) is 29.5. The van der Waals surface area contributed by atoms with Crippen LogP contribution in [0.25, 0.3) is 0 Å². The number of carbonyl (C=O) groups excluding carboxylic acids is 2. The molecule has 1 unspecified atom stereocenters. The predicted molar refractivity (Wildman–Crippen MR) is 76.0 cm³/mol. The molecule has 7 nitrogen and oxygen atoms in total. The first-order valence-electron chi connectivity index (χ1n) is 7.29. The minimum atomic E-state index is -0.538. The highest BCUT2D eigenvalue weighted by Crippen LogP contribution is 2.13. The summed E-state index contributed by atoms with van der Waals surface area (Å²) in [6.07, 6.45) is 4.49. The van der Waals surface area contributed by atoms with Crippen molar-refractivity contribution in [1.82, 2.24) is 9.88 Å². The number of rotatable bonds is 5. The Kier molecular flexibility index (Phi) is 5.19. The SMILES string of the molecule is CCOC(=O)c1coc(NC(C)C(=O)N2CCCCC2)n1. The van der Waals surface area contributed by atoms with Crippen LogP contribution in [0, 0.1) is 0 Å². The summed E-state index contributed by atoms with van der Waals surface area (Å²) in [5, 5.41) is 2.88. The van der Waals surface area contributed by atoms with Crippen molar-refractivity contribution in [2.45, 2.75) is 39.2 Å². The zero-order valence-electron chi connectivity index (χ0n) is 12.4. The molecule has 1 amide bonds. The molecule has 1 aliphatic rings. The Bertz CT molecular complexity index is 494. The second-order valence-corrected chi connectivity index (χ2v) is 5.01. The van der Waals surface area contributed by atoms with Crippen molar-refractivity contribution < 1.29 is 18.7 Å². The number of ether oxygens (including phenoxy) is 1. The van der Waals surface area contributed by atoms with E-state index >= 15 is 0 Å². The zero-order valence-corrected chi connectivity index (χ0v) is 12.4. The summed E-state index contributed by atoms with van der Waals surface area (Å²) in [5.74, 6) is -0.519. The first-order chi connectivity index (χ1) is 10.1. The van der Waals surface area contributed by atoms with E-state index < -0.39 is 12.0 Å². The number of hydrogen-bond donors (Lipinski definition) is 1. The fourth-order valence-electron chi connectivity index (χ4n) is 2.27. The maximum absolute atomic E-state index is 12.2. The molecule has 116 valence electrons. The molecule has 7 heteroatoms. The number of esters is 1. The van der Waals surface area contributed by atoms with Crippen LogP contribution in [-0.2, 0) is 9.53 Å². The standard InChI is InChI=1S/C14H21N3O4/c1-3-20-13(19)11-9-21-14(16-11)15-10(2)12(18)17-7-5-4-6-8-17/h9-10H,3-8H2,1-2H3,(H,15,16). The molecule has 0 aliphatic carbocycles. The minimum absolute atomic E-state index is 0.0191. The van der Waals surface area contributed by atoms with Gasteiger partial charge in [-0.1, -0.05) is 0 Å². The minimum Gasteiger partial charge on any atom is -0.461 e. The molecular formula is C14H21N3O4. The van der Waals surface area contributed by atoms with Crippen LogP contribution in [-0.4, -0.2) is 47.5 Å². The molecule has 21 heavy (non-hydrogen) atoms.